The lowest BCUT2D eigenvalue weighted by Crippen LogP contribution is -2.50. The first kappa shape index (κ1) is 24.3. The first-order valence-corrected chi connectivity index (χ1v) is 11.3. The molecule has 2 aliphatic rings. The third-order valence-electron chi connectivity index (χ3n) is 7.23. The zero-order chi connectivity index (χ0) is 26.0. The van der Waals surface area contributed by atoms with Gasteiger partial charge in [0.25, 0.3) is 11.5 Å². The Morgan fingerprint density at radius 2 is 1.94 bits per heavy atom. The highest BCUT2D eigenvalue weighted by molar-refractivity contribution is 5.86. The number of rotatable bonds is 4. The van der Waals surface area contributed by atoms with Gasteiger partial charge in [0.1, 0.15) is 12.3 Å². The smallest absolute Gasteiger partial charge is 0.406 e. The minimum absolute atomic E-state index is 0.0944. The van der Waals surface area contributed by atoms with Gasteiger partial charge in [-0.05, 0) is 44.2 Å². The average Bonchev–Trinajstić information content (AvgIpc) is 2.92. The van der Waals surface area contributed by atoms with E-state index in [1.807, 2.05) is 4.90 Å². The summed E-state index contributed by atoms with van der Waals surface area (Å²) in [4.78, 5) is 19.9. The highest BCUT2D eigenvalue weighted by Crippen LogP contribution is 2.46. The van der Waals surface area contributed by atoms with Crippen LogP contribution in [-0.4, -0.2) is 74.1 Å². The molecule has 2 aliphatic heterocycles. The minimum atomic E-state index is -4.60. The van der Waals surface area contributed by atoms with Crippen LogP contribution < -0.4 is 10.5 Å². The fraction of sp³-hybridized carbons (Fsp3) is 0.478. The van der Waals surface area contributed by atoms with Crippen LogP contribution in [-0.2, 0) is 6.54 Å². The summed E-state index contributed by atoms with van der Waals surface area (Å²) >= 11 is 0. The molecule has 2 bridgehead atoms. The van der Waals surface area contributed by atoms with E-state index in [4.69, 9.17) is 0 Å². The predicted octanol–water partition coefficient (Wildman–Crippen LogP) is 3.43. The van der Waals surface area contributed by atoms with Crippen molar-refractivity contribution in [3.8, 4) is 17.0 Å². The van der Waals surface area contributed by atoms with Gasteiger partial charge in [-0.15, -0.1) is 10.2 Å². The molecule has 5 rings (SSSR count). The van der Waals surface area contributed by atoms with Crippen molar-refractivity contribution in [2.45, 2.75) is 56.0 Å². The Bertz CT molecular complexity index is 1360. The first-order chi connectivity index (χ1) is 16.8. The van der Waals surface area contributed by atoms with Gasteiger partial charge in [-0.3, -0.25) is 14.3 Å². The largest absolute Gasteiger partial charge is 0.507 e. The molecule has 0 amide bonds. The molecule has 3 atom stereocenters. The van der Waals surface area contributed by atoms with Crippen LogP contribution in [0.3, 0.4) is 0 Å². The summed E-state index contributed by atoms with van der Waals surface area (Å²) in [5.74, 6) is -2.61. The zero-order valence-electron chi connectivity index (χ0n) is 19.4. The molecular formula is C23H23F5N6O2. The molecule has 2 fully saturated rings. The number of hydrogen-bond donors (Lipinski definition) is 1. The SMILES string of the molecule is CN1C2C[C@@H](N(C)c3ccc(-c4cc5ncn(CC(F)(F)F)c(=O)c5cc4O)nn3)CC1C(F)(F)C2. The Morgan fingerprint density at radius 3 is 2.58 bits per heavy atom. The lowest BCUT2D eigenvalue weighted by Gasteiger charge is -2.40. The lowest BCUT2D eigenvalue weighted by atomic mass is 9.96. The molecule has 1 aromatic carbocycles. The third kappa shape index (κ3) is 4.25. The highest BCUT2D eigenvalue weighted by Gasteiger charge is 2.56. The monoisotopic (exact) mass is 510 g/mol. The summed E-state index contributed by atoms with van der Waals surface area (Å²) in [6.07, 6.45) is -3.07. The van der Waals surface area contributed by atoms with Crippen molar-refractivity contribution in [2.24, 2.45) is 0 Å². The number of hydrogen-bond acceptors (Lipinski definition) is 7. The molecule has 13 heteroatoms. The number of fused-ring (bicyclic) bond motifs is 3. The van der Waals surface area contributed by atoms with Gasteiger partial charge in [0.15, 0.2) is 5.82 Å². The number of aromatic nitrogens is 4. The van der Waals surface area contributed by atoms with E-state index in [1.165, 1.54) is 6.07 Å². The van der Waals surface area contributed by atoms with Crippen LogP contribution in [0.1, 0.15) is 19.3 Å². The van der Waals surface area contributed by atoms with Gasteiger partial charge in [-0.25, -0.2) is 13.8 Å². The predicted molar refractivity (Wildman–Crippen MR) is 121 cm³/mol. The second kappa shape index (κ2) is 8.36. The van der Waals surface area contributed by atoms with E-state index in [2.05, 4.69) is 15.2 Å². The number of aromatic hydroxyl groups is 1. The Balaban J connectivity index is 1.39. The van der Waals surface area contributed by atoms with Gasteiger partial charge in [0.05, 0.1) is 29.0 Å². The first-order valence-electron chi connectivity index (χ1n) is 11.3. The fourth-order valence-electron chi connectivity index (χ4n) is 5.27. The Labute approximate surface area is 202 Å². The van der Waals surface area contributed by atoms with E-state index in [9.17, 15) is 31.9 Å². The van der Waals surface area contributed by atoms with Crippen LogP contribution in [0.4, 0.5) is 27.8 Å². The van der Waals surface area contributed by atoms with E-state index in [1.54, 1.807) is 31.1 Å². The number of alkyl halides is 5. The summed E-state index contributed by atoms with van der Waals surface area (Å²) in [5, 5.41) is 18.7. The van der Waals surface area contributed by atoms with Gasteiger partial charge in [0.2, 0.25) is 0 Å². The molecule has 0 saturated carbocycles. The number of halogens is 5. The molecule has 2 saturated heterocycles. The summed E-state index contributed by atoms with van der Waals surface area (Å²) in [6.45, 7) is -1.49. The van der Waals surface area contributed by atoms with Crippen LogP contribution in [0.5, 0.6) is 5.75 Å². The highest BCUT2D eigenvalue weighted by atomic mass is 19.4. The van der Waals surface area contributed by atoms with Crippen molar-refractivity contribution in [1.29, 1.82) is 0 Å². The van der Waals surface area contributed by atoms with E-state index < -0.39 is 30.2 Å². The third-order valence-corrected chi connectivity index (χ3v) is 7.23. The van der Waals surface area contributed by atoms with Gasteiger partial charge in [-0.1, -0.05) is 0 Å². The molecule has 2 unspecified atom stereocenters. The second-order valence-corrected chi connectivity index (χ2v) is 9.49. The molecule has 3 aromatic rings. The number of piperidine rings is 1. The maximum atomic E-state index is 14.3. The van der Waals surface area contributed by atoms with Crippen molar-refractivity contribution in [1.82, 2.24) is 24.6 Å². The number of phenolic OH excluding ortho intramolecular Hbond substituents is 1. The quantitative estimate of drug-likeness (QED) is 0.539. The van der Waals surface area contributed by atoms with Crippen molar-refractivity contribution >= 4 is 16.7 Å². The molecule has 0 aliphatic carbocycles. The number of benzene rings is 1. The minimum Gasteiger partial charge on any atom is -0.507 e. The molecule has 8 nitrogen and oxygen atoms in total. The summed E-state index contributed by atoms with van der Waals surface area (Å²) in [7, 11) is 3.51. The molecule has 192 valence electrons. The second-order valence-electron chi connectivity index (χ2n) is 9.49. The van der Waals surface area contributed by atoms with E-state index in [-0.39, 0.29) is 46.4 Å². The van der Waals surface area contributed by atoms with E-state index in [0.717, 1.165) is 12.4 Å². The topological polar surface area (TPSA) is 87.4 Å². The van der Waals surface area contributed by atoms with Crippen LogP contribution in [0, 0.1) is 0 Å². The van der Waals surface area contributed by atoms with Crippen molar-refractivity contribution in [3.05, 3.63) is 40.9 Å². The van der Waals surface area contributed by atoms with Crippen molar-refractivity contribution in [3.63, 3.8) is 0 Å². The molecular weight excluding hydrogens is 487 g/mol. The number of nitrogens with zero attached hydrogens (tertiary/aromatic N) is 6. The van der Waals surface area contributed by atoms with E-state index in [0.29, 0.717) is 23.2 Å². The number of anilines is 1. The molecule has 0 spiro atoms. The average molecular weight is 510 g/mol. The van der Waals surface area contributed by atoms with Crippen LogP contribution in [0.25, 0.3) is 22.2 Å². The number of phenols is 1. The summed E-state index contributed by atoms with van der Waals surface area (Å²) in [5.41, 5.74) is -0.388. The Kier molecular flexibility index (Phi) is 5.65. The fourth-order valence-corrected chi connectivity index (χ4v) is 5.27. The Hall–Kier alpha value is -3.35. The maximum Gasteiger partial charge on any atom is 0.406 e. The van der Waals surface area contributed by atoms with Crippen LogP contribution >= 0.6 is 0 Å². The standard InChI is InChI=1S/C23H23F5N6O2/c1-32-13-5-12(6-19(32)22(24,25)9-13)33(2)20-4-3-16(30-31-20)14-7-17-15(8-18(14)35)21(36)34(11-29-17)10-23(26,27)28/h3-4,7-8,11-13,19,35H,5-6,9-10H2,1-2H3/t12-,13?,19?/m1/s1. The van der Waals surface area contributed by atoms with E-state index >= 15 is 0 Å². The van der Waals surface area contributed by atoms with Crippen LogP contribution in [0.2, 0.25) is 0 Å². The van der Waals surface area contributed by atoms with Gasteiger partial charge in [0, 0.05) is 31.1 Å². The Morgan fingerprint density at radius 1 is 1.19 bits per heavy atom. The molecule has 36 heavy (non-hydrogen) atoms. The normalized spacial score (nSPS) is 23.8. The summed E-state index contributed by atoms with van der Waals surface area (Å²) < 4.78 is 67.1. The van der Waals surface area contributed by atoms with Crippen molar-refractivity contribution in [2.75, 3.05) is 19.0 Å². The lowest BCUT2D eigenvalue weighted by molar-refractivity contribution is -0.141. The molecule has 0 radical (unpaired) electrons. The van der Waals surface area contributed by atoms with Crippen LogP contribution in [0.15, 0.2) is 35.4 Å². The van der Waals surface area contributed by atoms with Crippen molar-refractivity contribution < 1.29 is 27.1 Å². The maximum absolute atomic E-state index is 14.3. The van der Waals surface area contributed by atoms with Gasteiger partial charge >= 0.3 is 6.18 Å². The summed E-state index contributed by atoms with van der Waals surface area (Å²) in [6, 6.07) is 4.49. The molecule has 4 heterocycles. The van der Waals surface area contributed by atoms with Gasteiger partial charge < -0.3 is 10.0 Å². The van der Waals surface area contributed by atoms with Gasteiger partial charge in [-0.2, -0.15) is 13.2 Å². The molecule has 2 aromatic heterocycles. The zero-order valence-corrected chi connectivity index (χ0v) is 19.4. The molecule has 1 N–H and O–H groups in total.